The van der Waals surface area contributed by atoms with E-state index in [1.54, 1.807) is 0 Å². The molecule has 2 nitrogen and oxygen atoms in total. The van der Waals surface area contributed by atoms with E-state index in [1.807, 2.05) is 12.1 Å². The van der Waals surface area contributed by atoms with Gasteiger partial charge in [0.25, 0.3) is 0 Å². The van der Waals surface area contributed by atoms with Crippen LogP contribution in [0, 0.1) is 0 Å². The van der Waals surface area contributed by atoms with Crippen LogP contribution in [-0.2, 0) is 5.41 Å². The van der Waals surface area contributed by atoms with Crippen molar-refractivity contribution in [2.45, 2.75) is 19.3 Å². The van der Waals surface area contributed by atoms with Gasteiger partial charge in [0.2, 0.25) is 0 Å². The van der Waals surface area contributed by atoms with E-state index in [0.717, 1.165) is 27.6 Å². The topological polar surface area (TPSA) is 18.1 Å². The lowest BCUT2D eigenvalue weighted by atomic mass is 9.82. The number of rotatable bonds is 2. The molecular formula is C43H29NO. The fraction of sp³-hybridized carbons (Fsp3) is 0.0698. The fourth-order valence-electron chi connectivity index (χ4n) is 7.97. The molecule has 2 aromatic heterocycles. The largest absolute Gasteiger partial charge is 0.456 e. The fourth-order valence-corrected chi connectivity index (χ4v) is 7.97. The molecule has 0 atom stereocenters. The summed E-state index contributed by atoms with van der Waals surface area (Å²) in [7, 11) is 0. The van der Waals surface area contributed by atoms with Gasteiger partial charge >= 0.3 is 0 Å². The minimum Gasteiger partial charge on any atom is -0.456 e. The van der Waals surface area contributed by atoms with Crippen molar-refractivity contribution in [3.63, 3.8) is 0 Å². The van der Waals surface area contributed by atoms with Gasteiger partial charge in [-0.2, -0.15) is 0 Å². The molecule has 10 rings (SSSR count). The first-order valence-corrected chi connectivity index (χ1v) is 15.7. The average molecular weight is 576 g/mol. The van der Waals surface area contributed by atoms with E-state index in [9.17, 15) is 0 Å². The van der Waals surface area contributed by atoms with Crippen molar-refractivity contribution in [3.8, 4) is 27.9 Å². The summed E-state index contributed by atoms with van der Waals surface area (Å²) in [6, 6.07) is 51.0. The molecule has 0 unspecified atom stereocenters. The lowest BCUT2D eigenvalue weighted by Crippen LogP contribution is -2.14. The Labute approximate surface area is 260 Å². The summed E-state index contributed by atoms with van der Waals surface area (Å²) < 4.78 is 8.66. The van der Waals surface area contributed by atoms with E-state index in [0.29, 0.717) is 0 Å². The van der Waals surface area contributed by atoms with Gasteiger partial charge in [-0.05, 0) is 86.6 Å². The molecule has 2 heteroatoms. The van der Waals surface area contributed by atoms with Gasteiger partial charge in [0, 0.05) is 32.6 Å². The number of hydrogen-bond donors (Lipinski definition) is 0. The van der Waals surface area contributed by atoms with Crippen molar-refractivity contribution >= 4 is 54.5 Å². The summed E-state index contributed by atoms with van der Waals surface area (Å²) in [5.74, 6) is 0. The quantitative estimate of drug-likeness (QED) is 0.200. The maximum atomic E-state index is 6.27. The van der Waals surface area contributed by atoms with Crippen LogP contribution >= 0.6 is 0 Å². The SMILES string of the molecule is CC1(C)c2ccc(-c3ccc(-n4c5ccccc5c5cc6oc7ccccc7c6cc54)cc3)cc2-c2c1ccc1ccccc21. The summed E-state index contributed by atoms with van der Waals surface area (Å²) in [6.07, 6.45) is 0. The second-order valence-corrected chi connectivity index (χ2v) is 13.0. The number of hydrogen-bond acceptors (Lipinski definition) is 1. The molecule has 212 valence electrons. The van der Waals surface area contributed by atoms with E-state index in [4.69, 9.17) is 4.42 Å². The Hall–Kier alpha value is -5.60. The predicted octanol–water partition coefficient (Wildman–Crippen LogP) is 11.8. The lowest BCUT2D eigenvalue weighted by Gasteiger charge is -2.21. The Balaban J connectivity index is 1.14. The molecule has 0 N–H and O–H groups in total. The number of para-hydroxylation sites is 2. The van der Waals surface area contributed by atoms with E-state index >= 15 is 0 Å². The Bertz CT molecular complexity index is 2670. The van der Waals surface area contributed by atoms with E-state index in [2.05, 4.69) is 146 Å². The molecule has 0 aliphatic heterocycles. The summed E-state index contributed by atoms with van der Waals surface area (Å²) >= 11 is 0. The third kappa shape index (κ3) is 3.34. The van der Waals surface area contributed by atoms with Gasteiger partial charge in [-0.15, -0.1) is 0 Å². The molecule has 1 aliphatic carbocycles. The van der Waals surface area contributed by atoms with Crippen molar-refractivity contribution in [3.05, 3.63) is 151 Å². The van der Waals surface area contributed by atoms with Crippen LogP contribution in [0.1, 0.15) is 25.0 Å². The first kappa shape index (κ1) is 24.8. The highest BCUT2D eigenvalue weighted by Crippen LogP contribution is 2.52. The normalized spacial score (nSPS) is 13.7. The highest BCUT2D eigenvalue weighted by Gasteiger charge is 2.36. The Kier molecular flexibility index (Phi) is 4.82. The molecule has 0 spiro atoms. The van der Waals surface area contributed by atoms with Gasteiger partial charge in [0.1, 0.15) is 11.2 Å². The van der Waals surface area contributed by atoms with Crippen LogP contribution in [0.15, 0.2) is 144 Å². The molecular weight excluding hydrogens is 546 g/mol. The number of nitrogens with zero attached hydrogens (tertiary/aromatic N) is 1. The molecule has 2 heterocycles. The van der Waals surface area contributed by atoms with Crippen LogP contribution in [0.25, 0.3) is 82.5 Å². The zero-order valence-corrected chi connectivity index (χ0v) is 25.1. The number of furan rings is 1. The standard InChI is InChI=1S/C43H29NO/c1-43(2)36-21-18-28(23-35(36)42-30-10-4-3-9-27(30)17-22-37(42)43)26-15-19-29(20-16-26)44-38-13-7-5-11-31(38)33-25-41-34(24-39(33)44)32-12-6-8-14-40(32)45-41/h3-25H,1-2H3. The monoisotopic (exact) mass is 575 g/mol. The molecule has 0 bridgehead atoms. The van der Waals surface area contributed by atoms with Crippen molar-refractivity contribution in [1.29, 1.82) is 0 Å². The number of benzene rings is 7. The Morgan fingerprint density at radius 3 is 2.07 bits per heavy atom. The van der Waals surface area contributed by atoms with Gasteiger partial charge in [0.05, 0.1) is 11.0 Å². The molecule has 0 fully saturated rings. The molecule has 9 aromatic rings. The smallest absolute Gasteiger partial charge is 0.136 e. The van der Waals surface area contributed by atoms with Gasteiger partial charge in [-0.25, -0.2) is 0 Å². The minimum absolute atomic E-state index is 0.0284. The predicted molar refractivity (Wildman–Crippen MR) is 189 cm³/mol. The molecule has 0 radical (unpaired) electrons. The molecule has 0 saturated heterocycles. The van der Waals surface area contributed by atoms with Gasteiger partial charge in [-0.3, -0.25) is 0 Å². The molecule has 45 heavy (non-hydrogen) atoms. The van der Waals surface area contributed by atoms with Gasteiger partial charge in [-0.1, -0.05) is 111 Å². The van der Waals surface area contributed by atoms with Crippen LogP contribution in [0.3, 0.4) is 0 Å². The average Bonchev–Trinajstić information content (AvgIpc) is 3.68. The molecule has 7 aromatic carbocycles. The number of aromatic nitrogens is 1. The highest BCUT2D eigenvalue weighted by atomic mass is 16.3. The van der Waals surface area contributed by atoms with Crippen LogP contribution in [0.4, 0.5) is 0 Å². The first-order chi connectivity index (χ1) is 22.1. The van der Waals surface area contributed by atoms with Gasteiger partial charge in [0.15, 0.2) is 0 Å². The van der Waals surface area contributed by atoms with Crippen LogP contribution in [-0.4, -0.2) is 4.57 Å². The van der Waals surface area contributed by atoms with Crippen LogP contribution < -0.4 is 0 Å². The third-order valence-electron chi connectivity index (χ3n) is 10.2. The summed E-state index contributed by atoms with van der Waals surface area (Å²) in [5, 5.41) is 7.35. The molecule has 0 amide bonds. The van der Waals surface area contributed by atoms with Crippen molar-refractivity contribution in [2.24, 2.45) is 0 Å². The Morgan fingerprint density at radius 2 is 1.20 bits per heavy atom. The second-order valence-electron chi connectivity index (χ2n) is 13.0. The number of fused-ring (bicyclic) bond motifs is 11. The van der Waals surface area contributed by atoms with Crippen molar-refractivity contribution < 1.29 is 4.42 Å². The first-order valence-electron chi connectivity index (χ1n) is 15.7. The van der Waals surface area contributed by atoms with E-state index in [1.165, 1.54) is 66.0 Å². The van der Waals surface area contributed by atoms with E-state index in [-0.39, 0.29) is 5.41 Å². The third-order valence-corrected chi connectivity index (χ3v) is 10.2. The van der Waals surface area contributed by atoms with Crippen LogP contribution in [0.2, 0.25) is 0 Å². The highest BCUT2D eigenvalue weighted by molar-refractivity contribution is 6.17. The lowest BCUT2D eigenvalue weighted by molar-refractivity contribution is 0.661. The maximum Gasteiger partial charge on any atom is 0.136 e. The summed E-state index contributed by atoms with van der Waals surface area (Å²) in [4.78, 5) is 0. The Morgan fingerprint density at radius 1 is 0.489 bits per heavy atom. The maximum absolute atomic E-state index is 6.27. The molecule has 1 aliphatic rings. The zero-order valence-electron chi connectivity index (χ0n) is 25.1. The van der Waals surface area contributed by atoms with Crippen LogP contribution in [0.5, 0.6) is 0 Å². The van der Waals surface area contributed by atoms with Crippen molar-refractivity contribution in [1.82, 2.24) is 4.57 Å². The van der Waals surface area contributed by atoms with Gasteiger partial charge < -0.3 is 8.98 Å². The summed E-state index contributed by atoms with van der Waals surface area (Å²) in [5.41, 5.74) is 13.4. The zero-order chi connectivity index (χ0) is 29.9. The second kappa shape index (κ2) is 8.74. The summed E-state index contributed by atoms with van der Waals surface area (Å²) in [6.45, 7) is 4.71. The molecule has 0 saturated carbocycles. The van der Waals surface area contributed by atoms with E-state index < -0.39 is 0 Å². The minimum atomic E-state index is -0.0284. The van der Waals surface area contributed by atoms with Crippen molar-refractivity contribution in [2.75, 3.05) is 0 Å².